The maximum absolute atomic E-state index is 7.40. The van der Waals surface area contributed by atoms with Crippen LogP contribution in [0.25, 0.3) is 0 Å². The normalized spacial score (nSPS) is 10.3. The Labute approximate surface area is 163 Å². The lowest BCUT2D eigenvalue weighted by Gasteiger charge is -2.09. The molecule has 1 heterocycles. The first-order valence-corrected chi connectivity index (χ1v) is 8.60. The van der Waals surface area contributed by atoms with Gasteiger partial charge in [0.2, 0.25) is 0 Å². The van der Waals surface area contributed by atoms with Gasteiger partial charge in [-0.25, -0.2) is 0 Å². The number of nitrogens with two attached hydrogens (primary N) is 2. The van der Waals surface area contributed by atoms with Crippen LogP contribution in [0.1, 0.15) is 22.5 Å². The van der Waals surface area contributed by atoms with Crippen LogP contribution in [0.5, 0.6) is 11.5 Å². The molecule has 0 saturated heterocycles. The second-order valence-corrected chi connectivity index (χ2v) is 6.07. The van der Waals surface area contributed by atoms with E-state index in [0.29, 0.717) is 35.8 Å². The molecule has 0 fully saturated rings. The predicted molar refractivity (Wildman–Crippen MR) is 108 cm³/mol. The molecule has 0 aliphatic rings. The summed E-state index contributed by atoms with van der Waals surface area (Å²) < 4.78 is 11.5. The first-order chi connectivity index (χ1) is 13.5. The molecule has 6 N–H and O–H groups in total. The van der Waals surface area contributed by atoms with E-state index in [1.807, 2.05) is 18.2 Å². The molecule has 0 aliphatic carbocycles. The molecule has 3 rings (SSSR count). The van der Waals surface area contributed by atoms with Crippen LogP contribution >= 0.6 is 0 Å². The molecular formula is C21H21N5O2. The molecule has 0 spiro atoms. The third-order valence-corrected chi connectivity index (χ3v) is 3.97. The number of nitrogen functional groups attached to an aromatic ring is 2. The van der Waals surface area contributed by atoms with Crippen molar-refractivity contribution in [2.75, 3.05) is 0 Å². The summed E-state index contributed by atoms with van der Waals surface area (Å²) in [5.74, 6) is 1.41. The highest BCUT2D eigenvalue weighted by atomic mass is 16.5. The second kappa shape index (κ2) is 8.68. The van der Waals surface area contributed by atoms with E-state index < -0.39 is 0 Å². The number of hydrogen-bond donors (Lipinski definition) is 4. The lowest BCUT2D eigenvalue weighted by Crippen LogP contribution is -2.10. The van der Waals surface area contributed by atoms with Gasteiger partial charge in [-0.3, -0.25) is 15.8 Å². The molecule has 0 unspecified atom stereocenters. The van der Waals surface area contributed by atoms with Gasteiger partial charge >= 0.3 is 0 Å². The highest BCUT2D eigenvalue weighted by molar-refractivity contribution is 5.95. The third kappa shape index (κ3) is 5.07. The summed E-state index contributed by atoms with van der Waals surface area (Å²) in [6.07, 6.45) is 0. The minimum Gasteiger partial charge on any atom is -0.487 e. The molecule has 2 aromatic carbocycles. The molecule has 0 aliphatic heterocycles. The van der Waals surface area contributed by atoms with Crippen LogP contribution in [0.4, 0.5) is 0 Å². The molecular weight excluding hydrogens is 354 g/mol. The van der Waals surface area contributed by atoms with E-state index in [4.69, 9.17) is 31.8 Å². The fraction of sp³-hybridized carbons (Fsp3) is 0.0952. The fourth-order valence-electron chi connectivity index (χ4n) is 2.47. The standard InChI is InChI=1S/C21H21N5O2/c22-20(23)14-4-8-18(9-5-14)27-12-16-2-1-3-17(26-16)13-28-19-10-6-15(7-11-19)21(24)25/h1-11H,12-13H2,(H3,22,23)(H3,24,25). The first kappa shape index (κ1) is 18.9. The molecule has 0 saturated carbocycles. The summed E-state index contributed by atoms with van der Waals surface area (Å²) in [6, 6.07) is 19.7. The van der Waals surface area contributed by atoms with Gasteiger partial charge in [-0.15, -0.1) is 0 Å². The Balaban J connectivity index is 1.56. The third-order valence-electron chi connectivity index (χ3n) is 3.97. The number of rotatable bonds is 8. The maximum Gasteiger partial charge on any atom is 0.130 e. The number of pyridine rings is 1. The summed E-state index contributed by atoms with van der Waals surface area (Å²) >= 11 is 0. The van der Waals surface area contributed by atoms with Crippen molar-refractivity contribution in [2.45, 2.75) is 13.2 Å². The predicted octanol–water partition coefficient (Wildman–Crippen LogP) is 2.81. The van der Waals surface area contributed by atoms with Gasteiger partial charge in [-0.05, 0) is 60.7 Å². The number of ether oxygens (including phenoxy) is 2. The molecule has 1 aromatic heterocycles. The Hall–Kier alpha value is -3.87. The van der Waals surface area contributed by atoms with E-state index in [2.05, 4.69) is 4.98 Å². The number of aromatic nitrogens is 1. The monoisotopic (exact) mass is 375 g/mol. The molecule has 0 bridgehead atoms. The first-order valence-electron chi connectivity index (χ1n) is 8.60. The summed E-state index contributed by atoms with van der Waals surface area (Å²) in [5.41, 5.74) is 13.8. The van der Waals surface area contributed by atoms with Gasteiger partial charge in [0, 0.05) is 11.1 Å². The van der Waals surface area contributed by atoms with E-state index >= 15 is 0 Å². The van der Waals surface area contributed by atoms with Gasteiger partial charge in [0.15, 0.2) is 0 Å². The minimum absolute atomic E-state index is 0.0249. The van der Waals surface area contributed by atoms with Gasteiger partial charge in [0.05, 0.1) is 11.4 Å². The summed E-state index contributed by atoms with van der Waals surface area (Å²) in [7, 11) is 0. The van der Waals surface area contributed by atoms with Crippen molar-refractivity contribution in [1.82, 2.24) is 4.98 Å². The van der Waals surface area contributed by atoms with Gasteiger partial charge < -0.3 is 20.9 Å². The summed E-state index contributed by atoms with van der Waals surface area (Å²) in [5, 5.41) is 14.8. The van der Waals surface area contributed by atoms with Crippen molar-refractivity contribution in [3.63, 3.8) is 0 Å². The fourth-order valence-corrected chi connectivity index (χ4v) is 2.47. The smallest absolute Gasteiger partial charge is 0.130 e. The highest BCUT2D eigenvalue weighted by Crippen LogP contribution is 2.15. The summed E-state index contributed by atoms with van der Waals surface area (Å²) in [6.45, 7) is 0.640. The SMILES string of the molecule is N=C(N)c1ccc(OCc2cccc(COc3ccc(C(=N)N)cc3)n2)cc1. The Morgan fingerprint density at radius 2 is 1.07 bits per heavy atom. The lowest BCUT2D eigenvalue weighted by molar-refractivity contribution is 0.290. The van der Waals surface area contributed by atoms with Gasteiger partial charge in [-0.1, -0.05) is 6.07 Å². The quantitative estimate of drug-likeness (QED) is 0.355. The van der Waals surface area contributed by atoms with E-state index in [-0.39, 0.29) is 11.7 Å². The van der Waals surface area contributed by atoms with Crippen LogP contribution in [0.2, 0.25) is 0 Å². The van der Waals surface area contributed by atoms with E-state index in [0.717, 1.165) is 11.4 Å². The Morgan fingerprint density at radius 1 is 0.679 bits per heavy atom. The van der Waals surface area contributed by atoms with Crippen LogP contribution < -0.4 is 20.9 Å². The minimum atomic E-state index is 0.0249. The van der Waals surface area contributed by atoms with E-state index in [9.17, 15) is 0 Å². The van der Waals surface area contributed by atoms with Crippen molar-refractivity contribution in [1.29, 1.82) is 10.8 Å². The van der Waals surface area contributed by atoms with Crippen LogP contribution in [0, 0.1) is 10.8 Å². The van der Waals surface area contributed by atoms with Crippen molar-refractivity contribution >= 4 is 11.7 Å². The molecule has 0 radical (unpaired) electrons. The maximum atomic E-state index is 7.40. The molecule has 28 heavy (non-hydrogen) atoms. The van der Waals surface area contributed by atoms with Crippen molar-refractivity contribution in [3.8, 4) is 11.5 Å². The molecule has 7 nitrogen and oxygen atoms in total. The number of nitrogens with zero attached hydrogens (tertiary/aromatic N) is 1. The molecule has 0 atom stereocenters. The number of nitrogens with one attached hydrogen (secondary N) is 2. The Bertz CT molecular complexity index is 892. The molecule has 7 heteroatoms. The van der Waals surface area contributed by atoms with Gasteiger partial charge in [-0.2, -0.15) is 0 Å². The molecule has 0 amide bonds. The van der Waals surface area contributed by atoms with Crippen LogP contribution in [0.15, 0.2) is 66.7 Å². The lowest BCUT2D eigenvalue weighted by atomic mass is 10.2. The van der Waals surface area contributed by atoms with Crippen molar-refractivity contribution in [3.05, 3.63) is 89.2 Å². The van der Waals surface area contributed by atoms with E-state index in [1.165, 1.54) is 0 Å². The van der Waals surface area contributed by atoms with Gasteiger partial charge in [0.1, 0.15) is 36.4 Å². The number of amidine groups is 2. The largest absolute Gasteiger partial charge is 0.487 e. The van der Waals surface area contributed by atoms with Crippen molar-refractivity contribution in [2.24, 2.45) is 11.5 Å². The van der Waals surface area contributed by atoms with Crippen molar-refractivity contribution < 1.29 is 9.47 Å². The Morgan fingerprint density at radius 3 is 1.43 bits per heavy atom. The van der Waals surface area contributed by atoms with Gasteiger partial charge in [0.25, 0.3) is 0 Å². The Kier molecular flexibility index (Phi) is 5.86. The second-order valence-electron chi connectivity index (χ2n) is 6.07. The number of benzene rings is 2. The zero-order chi connectivity index (χ0) is 19.9. The van der Waals surface area contributed by atoms with Crippen LogP contribution in [-0.4, -0.2) is 16.7 Å². The highest BCUT2D eigenvalue weighted by Gasteiger charge is 2.03. The average Bonchev–Trinajstić information content (AvgIpc) is 2.71. The molecule has 3 aromatic rings. The van der Waals surface area contributed by atoms with Crippen LogP contribution in [-0.2, 0) is 13.2 Å². The topological polar surface area (TPSA) is 131 Å². The number of hydrogen-bond acceptors (Lipinski definition) is 5. The average molecular weight is 375 g/mol. The molecule has 142 valence electrons. The zero-order valence-electron chi connectivity index (χ0n) is 15.2. The van der Waals surface area contributed by atoms with E-state index in [1.54, 1.807) is 48.5 Å². The zero-order valence-corrected chi connectivity index (χ0v) is 15.2. The van der Waals surface area contributed by atoms with Crippen LogP contribution in [0.3, 0.4) is 0 Å². The summed E-state index contributed by atoms with van der Waals surface area (Å²) in [4.78, 5) is 4.54.